The molecule has 1 N–H and O–H groups in total. The van der Waals surface area contributed by atoms with Crippen LogP contribution in [0.1, 0.15) is 25.7 Å². The number of nitrogens with one attached hydrogen (secondary N) is 1. The molecule has 0 bridgehead atoms. The quantitative estimate of drug-likeness (QED) is 0.605. The number of hydrogen-bond acceptors (Lipinski definition) is 7. The summed E-state index contributed by atoms with van der Waals surface area (Å²) in [6, 6.07) is 8.61. The fourth-order valence-corrected chi connectivity index (χ4v) is 3.12. The van der Waals surface area contributed by atoms with Gasteiger partial charge < -0.3 is 14.5 Å². The number of esters is 1. The van der Waals surface area contributed by atoms with E-state index >= 15 is 0 Å². The van der Waals surface area contributed by atoms with E-state index in [1.165, 1.54) is 0 Å². The molecule has 1 saturated carbocycles. The van der Waals surface area contributed by atoms with Crippen LogP contribution in [-0.2, 0) is 20.9 Å². The molecule has 27 heavy (non-hydrogen) atoms. The third-order valence-electron chi connectivity index (χ3n) is 4.83. The molecule has 9 nitrogen and oxygen atoms in total. The van der Waals surface area contributed by atoms with Gasteiger partial charge in [-0.25, -0.2) is 4.79 Å². The summed E-state index contributed by atoms with van der Waals surface area (Å²) in [5, 5.41) is 10.4. The molecule has 2 fully saturated rings. The van der Waals surface area contributed by atoms with Crippen molar-refractivity contribution in [2.24, 2.45) is 5.92 Å². The maximum Gasteiger partial charge on any atom is 0.326 e. The monoisotopic (exact) mass is 370 g/mol. The lowest BCUT2D eigenvalue weighted by molar-refractivity contribution is -0.149. The zero-order chi connectivity index (χ0) is 19.0. The van der Waals surface area contributed by atoms with Crippen LogP contribution in [0.25, 0.3) is 11.5 Å². The Morgan fingerprint density at radius 2 is 2.04 bits per heavy atom. The molecule has 2 aliphatic rings. The minimum absolute atomic E-state index is 0.127. The second kappa shape index (κ2) is 6.49. The summed E-state index contributed by atoms with van der Waals surface area (Å²) in [6.45, 7) is 1.01. The summed E-state index contributed by atoms with van der Waals surface area (Å²) < 4.78 is 10.5. The SMILES string of the molecule is C[C@]1(C2CC2)NC(=O)N(CC(=O)OCc2nnc(-c3ccccc3)o2)C1=O. The van der Waals surface area contributed by atoms with Crippen LogP contribution in [-0.4, -0.2) is 45.1 Å². The topological polar surface area (TPSA) is 115 Å². The van der Waals surface area contributed by atoms with Crippen molar-refractivity contribution in [1.29, 1.82) is 0 Å². The molecule has 1 saturated heterocycles. The lowest BCUT2D eigenvalue weighted by Crippen LogP contribution is -2.46. The van der Waals surface area contributed by atoms with Crippen molar-refractivity contribution in [2.75, 3.05) is 6.54 Å². The molecule has 1 aromatic carbocycles. The van der Waals surface area contributed by atoms with Gasteiger partial charge >= 0.3 is 12.0 Å². The zero-order valence-corrected chi connectivity index (χ0v) is 14.7. The van der Waals surface area contributed by atoms with E-state index in [1.807, 2.05) is 30.3 Å². The molecular weight excluding hydrogens is 352 g/mol. The van der Waals surface area contributed by atoms with Crippen LogP contribution in [0.15, 0.2) is 34.7 Å². The molecule has 4 rings (SSSR count). The number of amides is 3. The Morgan fingerprint density at radius 1 is 1.30 bits per heavy atom. The Labute approximate surface area is 154 Å². The minimum Gasteiger partial charge on any atom is -0.454 e. The zero-order valence-electron chi connectivity index (χ0n) is 14.7. The lowest BCUT2D eigenvalue weighted by Gasteiger charge is -2.20. The first kappa shape index (κ1) is 17.2. The van der Waals surface area contributed by atoms with Crippen LogP contribution >= 0.6 is 0 Å². The van der Waals surface area contributed by atoms with E-state index < -0.39 is 30.0 Å². The summed E-state index contributed by atoms with van der Waals surface area (Å²) in [5.41, 5.74) is -0.171. The van der Waals surface area contributed by atoms with Gasteiger partial charge in [-0.2, -0.15) is 0 Å². The van der Waals surface area contributed by atoms with Crippen LogP contribution < -0.4 is 5.32 Å². The molecule has 0 unspecified atom stereocenters. The summed E-state index contributed by atoms with van der Waals surface area (Å²) >= 11 is 0. The highest BCUT2D eigenvalue weighted by atomic mass is 16.5. The minimum atomic E-state index is -0.922. The number of ether oxygens (including phenoxy) is 1. The molecular formula is C18H18N4O5. The predicted octanol–water partition coefficient (Wildman–Crippen LogP) is 1.50. The first-order valence-corrected chi connectivity index (χ1v) is 8.65. The Hall–Kier alpha value is -3.23. The number of rotatable bonds is 6. The Kier molecular flexibility index (Phi) is 4.14. The maximum atomic E-state index is 12.5. The van der Waals surface area contributed by atoms with Gasteiger partial charge in [-0.1, -0.05) is 18.2 Å². The van der Waals surface area contributed by atoms with Crippen LogP contribution in [0.4, 0.5) is 4.79 Å². The van der Waals surface area contributed by atoms with Crippen molar-refractivity contribution in [3.8, 4) is 11.5 Å². The second-order valence-electron chi connectivity index (χ2n) is 6.83. The standard InChI is InChI=1S/C18H18N4O5/c1-18(12-7-8-12)16(24)22(17(25)19-18)9-14(23)26-10-13-20-21-15(27-13)11-5-3-2-4-6-11/h2-6,12H,7-10H2,1H3,(H,19,25)/t18-/m1/s1. The number of nitrogens with zero attached hydrogens (tertiary/aromatic N) is 3. The van der Waals surface area contributed by atoms with Crippen molar-refractivity contribution in [2.45, 2.75) is 31.9 Å². The van der Waals surface area contributed by atoms with Crippen molar-refractivity contribution < 1.29 is 23.5 Å². The first-order chi connectivity index (χ1) is 13.0. The van der Waals surface area contributed by atoms with Gasteiger partial charge in [-0.05, 0) is 37.8 Å². The molecule has 2 heterocycles. The number of benzene rings is 1. The van der Waals surface area contributed by atoms with Gasteiger partial charge in [0.25, 0.3) is 11.8 Å². The normalized spacial score (nSPS) is 22.0. The maximum absolute atomic E-state index is 12.5. The van der Waals surface area contributed by atoms with Gasteiger partial charge in [0, 0.05) is 5.56 Å². The average Bonchev–Trinajstić information content (AvgIpc) is 3.38. The molecule has 140 valence electrons. The number of carbonyl (C=O) groups excluding carboxylic acids is 3. The largest absolute Gasteiger partial charge is 0.454 e. The van der Waals surface area contributed by atoms with Crippen molar-refractivity contribution in [3.63, 3.8) is 0 Å². The number of hydrogen-bond donors (Lipinski definition) is 1. The van der Waals surface area contributed by atoms with Crippen molar-refractivity contribution in [1.82, 2.24) is 20.4 Å². The van der Waals surface area contributed by atoms with Gasteiger partial charge in [0.15, 0.2) is 6.61 Å². The van der Waals surface area contributed by atoms with Crippen molar-refractivity contribution in [3.05, 3.63) is 36.2 Å². The molecule has 0 spiro atoms. The summed E-state index contributed by atoms with van der Waals surface area (Å²) in [4.78, 5) is 37.5. The third-order valence-corrected chi connectivity index (χ3v) is 4.83. The summed E-state index contributed by atoms with van der Waals surface area (Å²) in [7, 11) is 0. The highest BCUT2D eigenvalue weighted by molar-refractivity contribution is 6.08. The molecule has 9 heteroatoms. The van der Waals surface area contributed by atoms with Crippen LogP contribution in [0, 0.1) is 5.92 Å². The van der Waals surface area contributed by atoms with Gasteiger partial charge in [0.2, 0.25) is 5.89 Å². The van der Waals surface area contributed by atoms with Gasteiger partial charge in [-0.15, -0.1) is 10.2 Å². The molecule has 1 aromatic heterocycles. The molecule has 3 amide bonds. The molecule has 1 atom stereocenters. The van der Waals surface area contributed by atoms with E-state index in [1.54, 1.807) is 6.92 Å². The lowest BCUT2D eigenvalue weighted by atomic mass is 9.96. The fourth-order valence-electron chi connectivity index (χ4n) is 3.12. The predicted molar refractivity (Wildman–Crippen MR) is 90.9 cm³/mol. The van der Waals surface area contributed by atoms with E-state index in [0.717, 1.165) is 23.3 Å². The van der Waals surface area contributed by atoms with Gasteiger partial charge in [0.1, 0.15) is 12.1 Å². The van der Waals surface area contributed by atoms with Gasteiger partial charge in [0.05, 0.1) is 0 Å². The summed E-state index contributed by atoms with van der Waals surface area (Å²) in [5.74, 6) is -0.544. The smallest absolute Gasteiger partial charge is 0.326 e. The van der Waals surface area contributed by atoms with E-state index in [-0.39, 0.29) is 18.4 Å². The Balaban J connectivity index is 1.33. The Bertz CT molecular complexity index is 892. The molecule has 1 aliphatic carbocycles. The number of aromatic nitrogens is 2. The first-order valence-electron chi connectivity index (χ1n) is 8.65. The van der Waals surface area contributed by atoms with Gasteiger partial charge in [-0.3, -0.25) is 14.5 Å². The van der Waals surface area contributed by atoms with E-state index in [2.05, 4.69) is 15.5 Å². The highest BCUT2D eigenvalue weighted by Gasteiger charge is 2.56. The van der Waals surface area contributed by atoms with Crippen LogP contribution in [0.5, 0.6) is 0 Å². The fraction of sp³-hybridized carbons (Fsp3) is 0.389. The number of imide groups is 1. The molecule has 1 aliphatic heterocycles. The Morgan fingerprint density at radius 3 is 2.74 bits per heavy atom. The number of urea groups is 1. The van der Waals surface area contributed by atoms with E-state index in [9.17, 15) is 14.4 Å². The van der Waals surface area contributed by atoms with Crippen LogP contribution in [0.2, 0.25) is 0 Å². The molecule has 0 radical (unpaired) electrons. The number of carbonyl (C=O) groups is 3. The van der Waals surface area contributed by atoms with E-state index in [4.69, 9.17) is 9.15 Å². The van der Waals surface area contributed by atoms with Crippen LogP contribution in [0.3, 0.4) is 0 Å². The van der Waals surface area contributed by atoms with Crippen molar-refractivity contribution >= 4 is 17.9 Å². The average molecular weight is 370 g/mol. The van der Waals surface area contributed by atoms with E-state index in [0.29, 0.717) is 5.89 Å². The third kappa shape index (κ3) is 3.27. The highest BCUT2D eigenvalue weighted by Crippen LogP contribution is 2.42. The second-order valence-corrected chi connectivity index (χ2v) is 6.83. The molecule has 2 aromatic rings. The summed E-state index contributed by atoms with van der Waals surface area (Å²) in [6.07, 6.45) is 1.78.